The van der Waals surface area contributed by atoms with Crippen molar-refractivity contribution in [3.63, 3.8) is 0 Å². The lowest BCUT2D eigenvalue weighted by molar-refractivity contribution is -0.257. The van der Waals surface area contributed by atoms with Gasteiger partial charge in [-0.1, -0.05) is 60.7 Å². The molecule has 2 aromatic rings. The van der Waals surface area contributed by atoms with E-state index in [1.807, 2.05) is 60.7 Å². The lowest BCUT2D eigenvalue weighted by Crippen LogP contribution is -2.56. The number of hydrogen-bond donors (Lipinski definition) is 0. The van der Waals surface area contributed by atoms with Crippen molar-refractivity contribution in [1.29, 1.82) is 0 Å². The summed E-state index contributed by atoms with van der Waals surface area (Å²) in [5, 5.41) is 0. The number of hydrogen-bond acceptors (Lipinski definition) is 7. The SMILES string of the molecule is COC(=O)[C@]1(COCc2ccccc2)O[C@@H]2OC(C)(C)OC2C1OCc1ccccc1. The minimum atomic E-state index is -1.51. The molecule has 31 heavy (non-hydrogen) atoms. The smallest absolute Gasteiger partial charge is 0.343 e. The monoisotopic (exact) mass is 428 g/mol. The van der Waals surface area contributed by atoms with Crippen molar-refractivity contribution < 1.29 is 33.2 Å². The number of carbonyl (C=O) groups is 1. The standard InChI is InChI=1S/C24H28O7/c1-23(2)29-19-20(28-15-18-12-8-5-9-13-18)24(22(25)26-3,31-21(19)30-23)16-27-14-17-10-6-4-7-11-17/h4-13,19-21H,14-16H2,1-3H3/t19?,20?,21-,24+/m0/s1. The highest BCUT2D eigenvalue weighted by atomic mass is 16.9. The lowest BCUT2D eigenvalue weighted by atomic mass is 9.95. The van der Waals surface area contributed by atoms with Crippen molar-refractivity contribution in [3.8, 4) is 0 Å². The molecule has 0 radical (unpaired) electrons. The van der Waals surface area contributed by atoms with Crippen LogP contribution in [0.5, 0.6) is 0 Å². The Morgan fingerprint density at radius 3 is 2.13 bits per heavy atom. The summed E-state index contributed by atoms with van der Waals surface area (Å²) in [6, 6.07) is 19.4. The molecule has 4 atom stereocenters. The van der Waals surface area contributed by atoms with E-state index in [-0.39, 0.29) is 13.2 Å². The fraction of sp³-hybridized carbons (Fsp3) is 0.458. The number of methoxy groups -OCH3 is 1. The van der Waals surface area contributed by atoms with Crippen molar-refractivity contribution in [1.82, 2.24) is 0 Å². The van der Waals surface area contributed by atoms with Crippen LogP contribution in [-0.4, -0.2) is 49.6 Å². The second kappa shape index (κ2) is 9.06. The van der Waals surface area contributed by atoms with Gasteiger partial charge < -0.3 is 28.4 Å². The summed E-state index contributed by atoms with van der Waals surface area (Å²) < 4.78 is 35.3. The third kappa shape index (κ3) is 4.66. The van der Waals surface area contributed by atoms with Crippen LogP contribution in [0.1, 0.15) is 25.0 Å². The van der Waals surface area contributed by atoms with Crippen LogP contribution in [0, 0.1) is 0 Å². The number of fused-ring (bicyclic) bond motifs is 1. The van der Waals surface area contributed by atoms with E-state index in [4.69, 9.17) is 28.4 Å². The molecule has 2 fully saturated rings. The van der Waals surface area contributed by atoms with E-state index in [0.717, 1.165) is 11.1 Å². The zero-order chi connectivity index (χ0) is 21.9. The molecule has 0 bridgehead atoms. The first-order valence-electron chi connectivity index (χ1n) is 10.3. The van der Waals surface area contributed by atoms with Crippen molar-refractivity contribution in [3.05, 3.63) is 71.8 Å². The van der Waals surface area contributed by atoms with Gasteiger partial charge in [-0.3, -0.25) is 0 Å². The Balaban J connectivity index is 1.56. The summed E-state index contributed by atoms with van der Waals surface area (Å²) in [6.07, 6.45) is -2.14. The maximum atomic E-state index is 13.0. The molecular formula is C24H28O7. The quantitative estimate of drug-likeness (QED) is 0.598. The van der Waals surface area contributed by atoms with Crippen LogP contribution >= 0.6 is 0 Å². The minimum Gasteiger partial charge on any atom is -0.467 e. The second-order valence-electron chi connectivity index (χ2n) is 8.16. The molecule has 166 valence electrons. The third-order valence-corrected chi connectivity index (χ3v) is 5.40. The largest absolute Gasteiger partial charge is 0.467 e. The molecular weight excluding hydrogens is 400 g/mol. The first kappa shape index (κ1) is 21.9. The molecule has 2 heterocycles. The van der Waals surface area contributed by atoms with Crippen LogP contribution in [-0.2, 0) is 46.4 Å². The molecule has 2 saturated heterocycles. The molecule has 2 unspecified atom stereocenters. The Hall–Kier alpha value is -2.29. The molecule has 0 spiro atoms. The maximum absolute atomic E-state index is 13.0. The average Bonchev–Trinajstić information content (AvgIpc) is 3.22. The predicted molar refractivity (Wildman–Crippen MR) is 111 cm³/mol. The molecule has 2 aromatic carbocycles. The van der Waals surface area contributed by atoms with Gasteiger partial charge in [-0.15, -0.1) is 0 Å². The highest BCUT2D eigenvalue weighted by Gasteiger charge is 2.67. The van der Waals surface area contributed by atoms with Crippen LogP contribution in [0.4, 0.5) is 0 Å². The van der Waals surface area contributed by atoms with E-state index in [2.05, 4.69) is 0 Å². The zero-order valence-electron chi connectivity index (χ0n) is 18.0. The van der Waals surface area contributed by atoms with Crippen molar-refractivity contribution in [2.24, 2.45) is 0 Å². The fourth-order valence-corrected chi connectivity index (χ4v) is 3.99. The van der Waals surface area contributed by atoms with E-state index in [0.29, 0.717) is 6.61 Å². The summed E-state index contributed by atoms with van der Waals surface area (Å²) in [5.41, 5.74) is 0.439. The molecule has 2 aliphatic rings. The minimum absolute atomic E-state index is 0.0613. The highest BCUT2D eigenvalue weighted by Crippen LogP contribution is 2.44. The molecule has 0 aromatic heterocycles. The average molecular weight is 428 g/mol. The van der Waals surface area contributed by atoms with Gasteiger partial charge in [0.15, 0.2) is 12.1 Å². The summed E-state index contributed by atoms with van der Waals surface area (Å²) in [5.74, 6) is -1.44. The van der Waals surface area contributed by atoms with E-state index in [1.165, 1.54) is 7.11 Å². The highest BCUT2D eigenvalue weighted by molar-refractivity contribution is 5.81. The number of carbonyl (C=O) groups excluding carboxylic acids is 1. The molecule has 2 aliphatic heterocycles. The Bertz CT molecular complexity index is 870. The normalized spacial score (nSPS) is 28.9. The van der Waals surface area contributed by atoms with Gasteiger partial charge in [-0.2, -0.15) is 0 Å². The topological polar surface area (TPSA) is 72.5 Å². The zero-order valence-corrected chi connectivity index (χ0v) is 18.0. The Morgan fingerprint density at radius 1 is 0.903 bits per heavy atom. The molecule has 0 amide bonds. The molecule has 4 rings (SSSR count). The summed E-state index contributed by atoms with van der Waals surface area (Å²) in [6.45, 7) is 4.13. The van der Waals surface area contributed by atoms with Crippen molar-refractivity contribution >= 4 is 5.97 Å². The van der Waals surface area contributed by atoms with Crippen LogP contribution in [0.25, 0.3) is 0 Å². The van der Waals surface area contributed by atoms with Gasteiger partial charge in [0.1, 0.15) is 12.2 Å². The van der Waals surface area contributed by atoms with Gasteiger partial charge in [-0.25, -0.2) is 4.79 Å². The number of rotatable bonds is 8. The molecule has 0 aliphatic carbocycles. The number of esters is 1. The Kier molecular flexibility index (Phi) is 6.41. The number of ether oxygens (including phenoxy) is 6. The van der Waals surface area contributed by atoms with Gasteiger partial charge >= 0.3 is 5.97 Å². The summed E-state index contributed by atoms with van der Waals surface area (Å²) in [7, 11) is 1.32. The third-order valence-electron chi connectivity index (χ3n) is 5.40. The van der Waals surface area contributed by atoms with Crippen molar-refractivity contribution in [2.45, 2.75) is 56.9 Å². The van der Waals surface area contributed by atoms with Gasteiger partial charge in [0.2, 0.25) is 5.60 Å². The maximum Gasteiger partial charge on any atom is 0.343 e. The van der Waals surface area contributed by atoms with Gasteiger partial charge in [0.25, 0.3) is 0 Å². The molecule has 0 saturated carbocycles. The van der Waals surface area contributed by atoms with Crippen LogP contribution in [0.2, 0.25) is 0 Å². The van der Waals surface area contributed by atoms with Crippen molar-refractivity contribution in [2.75, 3.05) is 13.7 Å². The first-order valence-corrected chi connectivity index (χ1v) is 10.3. The Labute approximate surface area is 182 Å². The van der Waals surface area contributed by atoms with E-state index in [1.54, 1.807) is 13.8 Å². The molecule has 7 nitrogen and oxygen atoms in total. The van der Waals surface area contributed by atoms with Gasteiger partial charge in [-0.05, 0) is 25.0 Å². The fourth-order valence-electron chi connectivity index (χ4n) is 3.99. The van der Waals surface area contributed by atoms with Crippen LogP contribution in [0.15, 0.2) is 60.7 Å². The predicted octanol–water partition coefficient (Wildman–Crippen LogP) is 3.21. The lowest BCUT2D eigenvalue weighted by Gasteiger charge is -2.34. The van der Waals surface area contributed by atoms with Crippen LogP contribution in [0.3, 0.4) is 0 Å². The van der Waals surface area contributed by atoms with E-state index >= 15 is 0 Å². The van der Waals surface area contributed by atoms with E-state index < -0.39 is 35.9 Å². The first-order chi connectivity index (χ1) is 14.9. The summed E-state index contributed by atoms with van der Waals surface area (Å²) >= 11 is 0. The van der Waals surface area contributed by atoms with Crippen LogP contribution < -0.4 is 0 Å². The van der Waals surface area contributed by atoms with E-state index in [9.17, 15) is 4.79 Å². The van der Waals surface area contributed by atoms with Gasteiger partial charge in [0.05, 0.1) is 26.9 Å². The number of benzene rings is 2. The molecule has 7 heteroatoms. The molecule has 0 N–H and O–H groups in total. The summed E-state index contributed by atoms with van der Waals surface area (Å²) in [4.78, 5) is 13.0. The second-order valence-corrected chi connectivity index (χ2v) is 8.16. The van der Waals surface area contributed by atoms with Gasteiger partial charge in [0, 0.05) is 0 Å². The Morgan fingerprint density at radius 2 is 1.52 bits per heavy atom.